The van der Waals surface area contributed by atoms with Gasteiger partial charge in [0.15, 0.2) is 5.16 Å². The minimum Gasteiger partial charge on any atom is -0.497 e. The van der Waals surface area contributed by atoms with Crippen LogP contribution in [0.5, 0.6) is 5.75 Å². The molecule has 34 heavy (non-hydrogen) atoms. The molecule has 3 aromatic heterocycles. The number of furan rings is 1. The highest BCUT2D eigenvalue weighted by molar-refractivity contribution is 7.99. The molecule has 0 N–H and O–H groups in total. The quantitative estimate of drug-likeness (QED) is 0.312. The van der Waals surface area contributed by atoms with Crippen LogP contribution in [0, 0.1) is 0 Å². The Morgan fingerprint density at radius 1 is 1.15 bits per heavy atom. The highest BCUT2D eigenvalue weighted by Gasteiger charge is 2.35. The van der Waals surface area contributed by atoms with Crippen LogP contribution in [-0.4, -0.2) is 44.1 Å². The highest BCUT2D eigenvalue weighted by Crippen LogP contribution is 2.35. The molecule has 170 valence electrons. The van der Waals surface area contributed by atoms with Gasteiger partial charge in [-0.1, -0.05) is 35.2 Å². The van der Waals surface area contributed by atoms with Crippen LogP contribution in [0.15, 0.2) is 81.6 Å². The van der Waals surface area contributed by atoms with E-state index in [1.165, 1.54) is 16.8 Å². The van der Waals surface area contributed by atoms with Crippen molar-refractivity contribution in [2.75, 3.05) is 12.9 Å². The van der Waals surface area contributed by atoms with Crippen molar-refractivity contribution in [1.82, 2.24) is 19.6 Å². The Hall–Kier alpha value is -3.63. The molecule has 6 rings (SSSR count). The lowest BCUT2D eigenvalue weighted by molar-refractivity contribution is -0.130. The largest absolute Gasteiger partial charge is 0.497 e. The lowest BCUT2D eigenvalue weighted by Crippen LogP contribution is -2.28. The van der Waals surface area contributed by atoms with Gasteiger partial charge in [-0.3, -0.25) is 9.20 Å². The van der Waals surface area contributed by atoms with Crippen molar-refractivity contribution < 1.29 is 13.9 Å². The Morgan fingerprint density at radius 3 is 2.79 bits per heavy atom. The van der Waals surface area contributed by atoms with E-state index in [0.717, 1.165) is 32.2 Å². The van der Waals surface area contributed by atoms with Gasteiger partial charge in [-0.2, -0.15) is 5.10 Å². The van der Waals surface area contributed by atoms with Crippen molar-refractivity contribution in [3.63, 3.8) is 0 Å². The molecule has 1 aliphatic heterocycles. The van der Waals surface area contributed by atoms with E-state index >= 15 is 0 Å². The maximum atomic E-state index is 13.3. The maximum Gasteiger partial charge on any atom is 0.253 e. The topological polar surface area (TPSA) is 85.2 Å². The van der Waals surface area contributed by atoms with Gasteiger partial charge < -0.3 is 9.15 Å². The Labute approximate surface area is 202 Å². The van der Waals surface area contributed by atoms with E-state index < -0.39 is 0 Å². The molecular formula is C24H19N5O3S2. The molecule has 0 bridgehead atoms. The molecule has 0 aliphatic carbocycles. The van der Waals surface area contributed by atoms with Crippen LogP contribution in [0.3, 0.4) is 0 Å². The Bertz CT molecular complexity index is 1500. The average molecular weight is 490 g/mol. The van der Waals surface area contributed by atoms with Crippen molar-refractivity contribution in [3.05, 3.63) is 78.3 Å². The van der Waals surface area contributed by atoms with E-state index in [1.807, 2.05) is 59.0 Å². The van der Waals surface area contributed by atoms with Gasteiger partial charge >= 0.3 is 0 Å². The number of para-hydroxylation sites is 1. The van der Waals surface area contributed by atoms with Crippen LogP contribution in [0.25, 0.3) is 15.2 Å². The third-order valence-electron chi connectivity index (χ3n) is 5.70. The van der Waals surface area contributed by atoms with Crippen molar-refractivity contribution >= 4 is 49.9 Å². The normalized spacial score (nSPS) is 15.9. The summed E-state index contributed by atoms with van der Waals surface area (Å²) in [6.07, 6.45) is 2.19. The number of fused-ring (bicyclic) bond motifs is 3. The number of hydrogen-bond donors (Lipinski definition) is 0. The number of nitrogens with zero attached hydrogens (tertiary/aromatic N) is 5. The fourth-order valence-electron chi connectivity index (χ4n) is 4.04. The SMILES string of the molecule is COc1ccc(C2=NN(C(=O)CSc3nnc4sc5ccccc5n34)[C@@H](c3ccco3)C2)cc1. The monoisotopic (exact) mass is 489 g/mol. The number of hydrazone groups is 1. The predicted molar refractivity (Wildman–Crippen MR) is 132 cm³/mol. The zero-order chi connectivity index (χ0) is 23.1. The van der Waals surface area contributed by atoms with Gasteiger partial charge in [0.1, 0.15) is 17.6 Å². The summed E-state index contributed by atoms with van der Waals surface area (Å²) in [6.45, 7) is 0. The summed E-state index contributed by atoms with van der Waals surface area (Å²) in [5.41, 5.74) is 2.82. The molecule has 0 saturated carbocycles. The van der Waals surface area contributed by atoms with Crippen molar-refractivity contribution in [3.8, 4) is 5.75 Å². The Kier molecular flexibility index (Phi) is 5.31. The minimum absolute atomic E-state index is 0.119. The molecular weight excluding hydrogens is 470 g/mol. The Morgan fingerprint density at radius 2 is 2.00 bits per heavy atom. The molecule has 2 aromatic carbocycles. The number of hydrogen-bond acceptors (Lipinski definition) is 8. The third kappa shape index (κ3) is 3.64. The van der Waals surface area contributed by atoms with E-state index in [4.69, 9.17) is 14.3 Å². The first-order valence-corrected chi connectivity index (χ1v) is 12.4. The number of thiazole rings is 1. The van der Waals surface area contributed by atoms with Gasteiger partial charge in [0.2, 0.25) is 4.96 Å². The van der Waals surface area contributed by atoms with Crippen LogP contribution in [-0.2, 0) is 4.79 Å². The second-order valence-corrected chi connectivity index (χ2v) is 9.66. The van der Waals surface area contributed by atoms with Gasteiger partial charge in [-0.05, 0) is 54.1 Å². The Balaban J connectivity index is 1.26. The van der Waals surface area contributed by atoms with E-state index in [1.54, 1.807) is 24.7 Å². The fourth-order valence-corrected chi connectivity index (χ4v) is 5.86. The molecule has 5 aromatic rings. The number of rotatable bonds is 6. The zero-order valence-electron chi connectivity index (χ0n) is 18.1. The molecule has 8 nitrogen and oxygen atoms in total. The first-order chi connectivity index (χ1) is 16.7. The highest BCUT2D eigenvalue weighted by atomic mass is 32.2. The number of ether oxygens (including phenoxy) is 1. The first kappa shape index (κ1) is 20.9. The van der Waals surface area contributed by atoms with Gasteiger partial charge in [0.05, 0.1) is 35.1 Å². The molecule has 1 aliphatic rings. The molecule has 0 unspecified atom stereocenters. The third-order valence-corrected chi connectivity index (χ3v) is 7.62. The van der Waals surface area contributed by atoms with E-state index in [2.05, 4.69) is 16.3 Å². The summed E-state index contributed by atoms with van der Waals surface area (Å²) < 4.78 is 14.0. The lowest BCUT2D eigenvalue weighted by atomic mass is 10.0. The minimum atomic E-state index is -0.291. The number of thioether (sulfide) groups is 1. The first-order valence-electron chi connectivity index (χ1n) is 10.6. The average Bonchev–Trinajstić information content (AvgIpc) is 3.66. The number of benzene rings is 2. The van der Waals surface area contributed by atoms with Crippen LogP contribution < -0.4 is 4.74 Å². The lowest BCUT2D eigenvalue weighted by Gasteiger charge is -2.19. The molecule has 1 amide bonds. The van der Waals surface area contributed by atoms with Gasteiger partial charge in [-0.25, -0.2) is 5.01 Å². The van der Waals surface area contributed by atoms with Gasteiger partial charge in [0.25, 0.3) is 5.91 Å². The summed E-state index contributed by atoms with van der Waals surface area (Å²) in [5.74, 6) is 1.54. The van der Waals surface area contributed by atoms with Gasteiger partial charge in [-0.15, -0.1) is 10.2 Å². The van der Waals surface area contributed by atoms with Crippen molar-refractivity contribution in [2.45, 2.75) is 17.6 Å². The van der Waals surface area contributed by atoms with Crippen LogP contribution in [0.1, 0.15) is 23.8 Å². The second-order valence-electron chi connectivity index (χ2n) is 7.71. The van der Waals surface area contributed by atoms with Crippen molar-refractivity contribution in [2.24, 2.45) is 5.10 Å². The fraction of sp³-hybridized carbons (Fsp3) is 0.167. The van der Waals surface area contributed by atoms with E-state index in [9.17, 15) is 4.79 Å². The standard InChI is InChI=1S/C24H19N5O3S2/c1-31-16-10-8-15(9-11-16)17-13-19(20-6-4-12-32-20)29(27-17)22(30)14-33-23-25-26-24-28(23)18-5-2-3-7-21(18)34-24/h2-12,19H,13-14H2,1H3/t19-/m1/s1. The molecule has 1 atom stereocenters. The number of amides is 1. The molecule has 0 saturated heterocycles. The number of carbonyl (C=O) groups excluding carboxylic acids is 1. The van der Waals surface area contributed by atoms with E-state index in [-0.39, 0.29) is 17.7 Å². The summed E-state index contributed by atoms with van der Waals surface area (Å²) in [7, 11) is 1.63. The molecule has 4 heterocycles. The second kappa shape index (κ2) is 8.62. The van der Waals surface area contributed by atoms with Crippen LogP contribution >= 0.6 is 23.1 Å². The van der Waals surface area contributed by atoms with Crippen LogP contribution in [0.4, 0.5) is 0 Å². The maximum absolute atomic E-state index is 13.3. The van der Waals surface area contributed by atoms with E-state index in [0.29, 0.717) is 17.3 Å². The summed E-state index contributed by atoms with van der Waals surface area (Å²) in [4.78, 5) is 14.2. The summed E-state index contributed by atoms with van der Waals surface area (Å²) in [6, 6.07) is 19.2. The summed E-state index contributed by atoms with van der Waals surface area (Å²) >= 11 is 2.94. The number of methoxy groups -OCH3 is 1. The number of aromatic nitrogens is 3. The molecule has 0 fully saturated rings. The summed E-state index contributed by atoms with van der Waals surface area (Å²) in [5, 5.41) is 15.5. The number of carbonyl (C=O) groups is 1. The van der Waals surface area contributed by atoms with Crippen molar-refractivity contribution in [1.29, 1.82) is 0 Å². The van der Waals surface area contributed by atoms with Gasteiger partial charge in [0, 0.05) is 6.42 Å². The smallest absolute Gasteiger partial charge is 0.253 e. The molecule has 10 heteroatoms. The zero-order valence-corrected chi connectivity index (χ0v) is 19.8. The molecule has 0 radical (unpaired) electrons. The van der Waals surface area contributed by atoms with Crippen LogP contribution in [0.2, 0.25) is 0 Å². The predicted octanol–water partition coefficient (Wildman–Crippen LogP) is 5.02. The molecule has 0 spiro atoms.